The summed E-state index contributed by atoms with van der Waals surface area (Å²) in [5.74, 6) is -0.447. The van der Waals surface area contributed by atoms with Crippen LogP contribution in [0, 0.1) is 0 Å². The Morgan fingerprint density at radius 2 is 1.61 bits per heavy atom. The molecular weight excluding hydrogens is 412 g/mol. The van der Waals surface area contributed by atoms with Crippen LogP contribution in [0.3, 0.4) is 0 Å². The fourth-order valence-corrected chi connectivity index (χ4v) is 3.35. The molecule has 0 aliphatic rings. The summed E-state index contributed by atoms with van der Waals surface area (Å²) in [5, 5.41) is 10.5. The number of aromatic nitrogens is 2. The fourth-order valence-electron chi connectivity index (χ4n) is 3.22. The van der Waals surface area contributed by atoms with E-state index in [-0.39, 0.29) is 12.1 Å². The van der Waals surface area contributed by atoms with Gasteiger partial charge in [0, 0.05) is 16.0 Å². The van der Waals surface area contributed by atoms with E-state index in [0.29, 0.717) is 21.8 Å². The molecule has 6 nitrogen and oxygen atoms in total. The lowest BCUT2D eigenvalue weighted by Crippen LogP contribution is -2.32. The van der Waals surface area contributed by atoms with Crippen LogP contribution < -0.4 is 11.0 Å². The van der Waals surface area contributed by atoms with Gasteiger partial charge < -0.3 is 0 Å². The number of hydrazone groups is 1. The third-order valence-corrected chi connectivity index (χ3v) is 5.07. The van der Waals surface area contributed by atoms with E-state index in [1.54, 1.807) is 31.2 Å². The molecule has 4 aromatic rings. The predicted molar refractivity (Wildman–Crippen MR) is 123 cm³/mol. The summed E-state index contributed by atoms with van der Waals surface area (Å²) in [7, 11) is 0. The maximum absolute atomic E-state index is 12.9. The first kappa shape index (κ1) is 20.5. The topological polar surface area (TPSA) is 76.3 Å². The molecule has 154 valence electrons. The Balaban J connectivity index is 1.63. The monoisotopic (exact) mass is 430 g/mol. The number of nitrogens with zero attached hydrogens (tertiary/aromatic N) is 3. The molecular formula is C24H19ClN4O2. The molecule has 0 atom stereocenters. The number of carbonyl (C=O) groups is 1. The smallest absolute Gasteiger partial charge is 0.271 e. The van der Waals surface area contributed by atoms with Gasteiger partial charge in [-0.25, -0.2) is 10.1 Å². The first-order valence-electron chi connectivity index (χ1n) is 9.67. The lowest BCUT2D eigenvalue weighted by molar-refractivity contribution is -0.121. The van der Waals surface area contributed by atoms with Crippen molar-refractivity contribution in [2.75, 3.05) is 0 Å². The van der Waals surface area contributed by atoms with Crippen molar-refractivity contribution in [2.45, 2.75) is 13.5 Å². The summed E-state index contributed by atoms with van der Waals surface area (Å²) in [5.41, 5.74) is 5.12. The highest BCUT2D eigenvalue weighted by molar-refractivity contribution is 6.30. The third-order valence-electron chi connectivity index (χ3n) is 4.82. The van der Waals surface area contributed by atoms with Gasteiger partial charge >= 0.3 is 0 Å². The van der Waals surface area contributed by atoms with Crippen molar-refractivity contribution in [1.82, 2.24) is 15.2 Å². The highest BCUT2D eigenvalue weighted by atomic mass is 35.5. The Morgan fingerprint density at radius 1 is 0.968 bits per heavy atom. The Morgan fingerprint density at radius 3 is 2.32 bits per heavy atom. The quantitative estimate of drug-likeness (QED) is 0.379. The van der Waals surface area contributed by atoms with Crippen LogP contribution in [0.25, 0.3) is 22.0 Å². The molecule has 0 saturated heterocycles. The summed E-state index contributed by atoms with van der Waals surface area (Å²) in [6.07, 6.45) is 0. The van der Waals surface area contributed by atoms with Crippen LogP contribution in [-0.4, -0.2) is 21.4 Å². The van der Waals surface area contributed by atoms with Gasteiger partial charge in [-0.2, -0.15) is 10.2 Å². The molecule has 1 N–H and O–H groups in total. The van der Waals surface area contributed by atoms with Crippen LogP contribution in [0.1, 0.15) is 12.5 Å². The van der Waals surface area contributed by atoms with Crippen molar-refractivity contribution < 1.29 is 4.79 Å². The van der Waals surface area contributed by atoms with E-state index in [1.807, 2.05) is 54.6 Å². The van der Waals surface area contributed by atoms with Crippen molar-refractivity contribution in [3.8, 4) is 11.3 Å². The molecule has 0 aliphatic carbocycles. The van der Waals surface area contributed by atoms with Gasteiger partial charge in [-0.3, -0.25) is 9.59 Å². The lowest BCUT2D eigenvalue weighted by Gasteiger charge is -2.11. The second-order valence-electron chi connectivity index (χ2n) is 6.96. The van der Waals surface area contributed by atoms with Crippen LogP contribution in [0.4, 0.5) is 0 Å². The van der Waals surface area contributed by atoms with E-state index in [0.717, 1.165) is 16.5 Å². The maximum atomic E-state index is 12.9. The van der Waals surface area contributed by atoms with E-state index in [2.05, 4.69) is 15.6 Å². The molecule has 0 fully saturated rings. The van der Waals surface area contributed by atoms with Gasteiger partial charge in [-0.1, -0.05) is 72.3 Å². The highest BCUT2D eigenvalue weighted by Crippen LogP contribution is 2.24. The van der Waals surface area contributed by atoms with Gasteiger partial charge in [0.2, 0.25) is 0 Å². The first-order chi connectivity index (χ1) is 15.0. The minimum atomic E-state index is -0.447. The summed E-state index contributed by atoms with van der Waals surface area (Å²) in [6.45, 7) is 1.53. The molecule has 0 bridgehead atoms. The van der Waals surface area contributed by atoms with Gasteiger partial charge in [0.05, 0.1) is 16.8 Å². The van der Waals surface area contributed by atoms with E-state index < -0.39 is 5.91 Å². The molecule has 0 saturated carbocycles. The molecule has 7 heteroatoms. The molecule has 1 aromatic heterocycles. The molecule has 3 aromatic carbocycles. The van der Waals surface area contributed by atoms with E-state index in [4.69, 9.17) is 11.6 Å². The zero-order valence-corrected chi connectivity index (χ0v) is 17.5. The molecule has 0 spiro atoms. The highest BCUT2D eigenvalue weighted by Gasteiger charge is 2.14. The third kappa shape index (κ3) is 4.54. The number of rotatable bonds is 5. The van der Waals surface area contributed by atoms with Crippen LogP contribution in [0.15, 0.2) is 88.8 Å². The number of amides is 1. The number of halogens is 1. The average molecular weight is 431 g/mol. The van der Waals surface area contributed by atoms with E-state index in [9.17, 15) is 9.59 Å². The summed E-state index contributed by atoms with van der Waals surface area (Å²) in [4.78, 5) is 25.4. The number of fused-ring (bicyclic) bond motifs is 1. The van der Waals surface area contributed by atoms with Crippen molar-refractivity contribution in [3.63, 3.8) is 0 Å². The molecule has 0 radical (unpaired) electrons. The molecule has 0 unspecified atom stereocenters. The number of hydrogen-bond donors (Lipinski definition) is 1. The number of nitrogens with one attached hydrogen (secondary N) is 1. The van der Waals surface area contributed by atoms with Crippen molar-refractivity contribution in [3.05, 3.63) is 99.8 Å². The first-order valence-corrected chi connectivity index (χ1v) is 10.0. The average Bonchev–Trinajstić information content (AvgIpc) is 2.80. The van der Waals surface area contributed by atoms with Gasteiger partial charge in [0.1, 0.15) is 6.54 Å². The Labute approximate surface area is 183 Å². The second kappa shape index (κ2) is 8.93. The summed E-state index contributed by atoms with van der Waals surface area (Å²) < 4.78 is 1.17. The number of hydrogen-bond acceptors (Lipinski definition) is 4. The van der Waals surface area contributed by atoms with Gasteiger partial charge in [-0.15, -0.1) is 0 Å². The predicted octanol–water partition coefficient (Wildman–Crippen LogP) is 4.26. The molecule has 1 amide bonds. The molecule has 31 heavy (non-hydrogen) atoms. The minimum absolute atomic E-state index is 0.249. The Hall–Kier alpha value is -3.77. The molecule has 0 aliphatic heterocycles. The Bertz CT molecular complexity index is 1330. The van der Waals surface area contributed by atoms with Crippen LogP contribution >= 0.6 is 11.6 Å². The lowest BCUT2D eigenvalue weighted by atomic mass is 10.1. The normalized spacial score (nSPS) is 11.5. The standard InChI is InChI=1S/C24H19ClN4O2/c1-16(17-11-13-19(25)14-12-17)26-27-22(30)15-29-24(31)21-10-6-5-9-20(21)23(28-29)18-7-3-2-4-8-18/h2-14H,15H2,1H3,(H,27,30)/b26-16+. The molecule has 1 heterocycles. The van der Waals surface area contributed by atoms with Gasteiger partial charge in [0.15, 0.2) is 0 Å². The van der Waals surface area contributed by atoms with Crippen LogP contribution in [0.5, 0.6) is 0 Å². The van der Waals surface area contributed by atoms with Crippen LogP contribution in [-0.2, 0) is 11.3 Å². The fraction of sp³-hybridized carbons (Fsp3) is 0.0833. The van der Waals surface area contributed by atoms with E-state index >= 15 is 0 Å². The number of carbonyl (C=O) groups excluding carboxylic acids is 1. The Kier molecular flexibility index (Phi) is 5.91. The number of benzene rings is 3. The van der Waals surface area contributed by atoms with Crippen LogP contribution in [0.2, 0.25) is 5.02 Å². The second-order valence-corrected chi connectivity index (χ2v) is 7.40. The summed E-state index contributed by atoms with van der Waals surface area (Å²) in [6, 6.07) is 23.9. The van der Waals surface area contributed by atoms with Crippen molar-refractivity contribution in [2.24, 2.45) is 5.10 Å². The SMILES string of the molecule is C/C(=N\NC(=O)Cn1nc(-c2ccccc2)c2ccccc2c1=O)c1ccc(Cl)cc1. The van der Waals surface area contributed by atoms with E-state index in [1.165, 1.54) is 4.68 Å². The molecule has 4 rings (SSSR count). The van der Waals surface area contributed by atoms with Gasteiger partial charge in [-0.05, 0) is 30.7 Å². The van der Waals surface area contributed by atoms with Crippen molar-refractivity contribution in [1.29, 1.82) is 0 Å². The zero-order chi connectivity index (χ0) is 21.8. The minimum Gasteiger partial charge on any atom is -0.271 e. The zero-order valence-electron chi connectivity index (χ0n) is 16.7. The van der Waals surface area contributed by atoms with Gasteiger partial charge in [0.25, 0.3) is 11.5 Å². The largest absolute Gasteiger partial charge is 0.275 e. The maximum Gasteiger partial charge on any atom is 0.275 e. The van der Waals surface area contributed by atoms with Crippen molar-refractivity contribution >= 4 is 34.0 Å². The summed E-state index contributed by atoms with van der Waals surface area (Å²) >= 11 is 5.90.